The molecule has 0 bridgehead atoms. The molecule has 2 aromatic heterocycles. The van der Waals surface area contributed by atoms with E-state index in [0.29, 0.717) is 17.2 Å². The number of carbonyl (C=O) groups is 1. The van der Waals surface area contributed by atoms with E-state index in [-0.39, 0.29) is 24.6 Å². The van der Waals surface area contributed by atoms with Crippen LogP contribution in [-0.2, 0) is 0 Å². The van der Waals surface area contributed by atoms with E-state index in [1.807, 2.05) is 31.2 Å². The lowest BCUT2D eigenvalue weighted by atomic mass is 10.0. The van der Waals surface area contributed by atoms with Crippen LogP contribution in [0.5, 0.6) is 5.75 Å². The molecule has 1 aliphatic heterocycles. The molecule has 3 heterocycles. The van der Waals surface area contributed by atoms with E-state index < -0.39 is 12.7 Å². The van der Waals surface area contributed by atoms with Crippen molar-refractivity contribution in [3.8, 4) is 17.0 Å². The summed E-state index contributed by atoms with van der Waals surface area (Å²) in [7, 11) is 0. The van der Waals surface area contributed by atoms with E-state index >= 15 is 0 Å². The van der Waals surface area contributed by atoms with Gasteiger partial charge in [0, 0.05) is 30.8 Å². The lowest BCUT2D eigenvalue weighted by molar-refractivity contribution is -0.0211. The molecule has 2 unspecified atom stereocenters. The van der Waals surface area contributed by atoms with Crippen LogP contribution >= 0.6 is 0 Å². The molecule has 10 nitrogen and oxygen atoms in total. The number of hydrogen-bond donors (Lipinski definition) is 3. The van der Waals surface area contributed by atoms with E-state index in [9.17, 15) is 9.90 Å². The number of rotatable bonds is 11. The number of aliphatic hydroxyl groups is 2. The fourth-order valence-electron chi connectivity index (χ4n) is 4.12. The van der Waals surface area contributed by atoms with Gasteiger partial charge in [-0.15, -0.1) is 0 Å². The highest BCUT2D eigenvalue weighted by atomic mass is 16.5. The lowest BCUT2D eigenvalue weighted by Crippen LogP contribution is -2.55. The Morgan fingerprint density at radius 3 is 2.74 bits per heavy atom. The van der Waals surface area contributed by atoms with Gasteiger partial charge in [-0.25, -0.2) is 0 Å². The summed E-state index contributed by atoms with van der Waals surface area (Å²) >= 11 is 0. The van der Waals surface area contributed by atoms with E-state index in [0.717, 1.165) is 42.8 Å². The standard InChI is InChI=1S/C25H31N5O5/c1-3-4-23(25-28-15-29-35-25)30-12-20(13-30)34-19-6-8-22(26-11-19)17-5-7-21(16(2)9-17)24(33)27-10-18(32)14-31/h5-9,11,15,18,20,23,31-32H,3-4,10,12-14H2,1-2H3,(H,27,33). The van der Waals surface area contributed by atoms with Gasteiger partial charge in [-0.05, 0) is 43.2 Å². The predicted molar refractivity (Wildman–Crippen MR) is 128 cm³/mol. The average molecular weight is 482 g/mol. The molecule has 1 aromatic carbocycles. The molecule has 186 valence electrons. The van der Waals surface area contributed by atoms with Crippen molar-refractivity contribution in [2.45, 2.75) is 44.9 Å². The van der Waals surface area contributed by atoms with Crippen molar-refractivity contribution < 1.29 is 24.3 Å². The van der Waals surface area contributed by atoms with Crippen molar-refractivity contribution in [1.82, 2.24) is 25.3 Å². The Hall–Kier alpha value is -3.34. The number of carbonyl (C=O) groups excluding carboxylic acids is 1. The number of nitrogens with zero attached hydrogens (tertiary/aromatic N) is 4. The maximum Gasteiger partial charge on any atom is 0.251 e. The number of nitrogens with one attached hydrogen (secondary N) is 1. The normalized spacial score (nSPS) is 15.9. The highest BCUT2D eigenvalue weighted by Crippen LogP contribution is 2.30. The summed E-state index contributed by atoms with van der Waals surface area (Å²) in [5, 5.41) is 24.6. The Balaban J connectivity index is 1.32. The third-order valence-electron chi connectivity index (χ3n) is 6.06. The Bertz CT molecular complexity index is 1100. The molecule has 0 spiro atoms. The van der Waals surface area contributed by atoms with Crippen LogP contribution in [-0.4, -0.2) is 74.6 Å². The molecular formula is C25H31N5O5. The smallest absolute Gasteiger partial charge is 0.251 e. The molecule has 1 fully saturated rings. The Morgan fingerprint density at radius 2 is 2.11 bits per heavy atom. The number of pyridine rings is 1. The van der Waals surface area contributed by atoms with Crippen LogP contribution in [0.3, 0.4) is 0 Å². The Kier molecular flexibility index (Phi) is 8.06. The number of aliphatic hydroxyl groups excluding tert-OH is 2. The van der Waals surface area contributed by atoms with Crippen molar-refractivity contribution in [2.24, 2.45) is 0 Å². The third-order valence-corrected chi connectivity index (χ3v) is 6.06. The maximum absolute atomic E-state index is 12.3. The number of aromatic nitrogens is 3. The monoisotopic (exact) mass is 481 g/mol. The van der Waals surface area contributed by atoms with Crippen LogP contribution in [0.4, 0.5) is 0 Å². The molecule has 10 heteroatoms. The van der Waals surface area contributed by atoms with Crippen molar-refractivity contribution in [3.63, 3.8) is 0 Å². The van der Waals surface area contributed by atoms with Gasteiger partial charge in [0.05, 0.1) is 30.6 Å². The van der Waals surface area contributed by atoms with Gasteiger partial charge in [0.25, 0.3) is 5.91 Å². The molecule has 3 N–H and O–H groups in total. The number of benzene rings is 1. The fourth-order valence-corrected chi connectivity index (χ4v) is 4.12. The largest absolute Gasteiger partial charge is 0.486 e. The van der Waals surface area contributed by atoms with E-state index in [2.05, 4.69) is 32.3 Å². The van der Waals surface area contributed by atoms with Crippen LogP contribution in [0.2, 0.25) is 0 Å². The molecule has 1 aliphatic rings. The Labute approximate surface area is 203 Å². The first-order chi connectivity index (χ1) is 17.0. The maximum atomic E-state index is 12.3. The molecule has 35 heavy (non-hydrogen) atoms. The first-order valence-corrected chi connectivity index (χ1v) is 11.8. The number of hydrogen-bond acceptors (Lipinski definition) is 9. The Morgan fingerprint density at radius 1 is 1.29 bits per heavy atom. The summed E-state index contributed by atoms with van der Waals surface area (Å²) < 4.78 is 11.4. The van der Waals surface area contributed by atoms with Crippen molar-refractivity contribution in [3.05, 3.63) is 59.9 Å². The van der Waals surface area contributed by atoms with Gasteiger partial charge < -0.3 is 24.8 Å². The minimum Gasteiger partial charge on any atom is -0.486 e. The molecule has 2 atom stereocenters. The number of likely N-dealkylation sites (tertiary alicyclic amines) is 1. The van der Waals surface area contributed by atoms with Crippen molar-refractivity contribution in [1.29, 1.82) is 0 Å². The van der Waals surface area contributed by atoms with E-state index in [1.165, 1.54) is 6.33 Å². The molecule has 0 saturated carbocycles. The zero-order chi connectivity index (χ0) is 24.8. The van der Waals surface area contributed by atoms with E-state index in [1.54, 1.807) is 12.3 Å². The van der Waals surface area contributed by atoms with Crippen molar-refractivity contribution >= 4 is 5.91 Å². The van der Waals surface area contributed by atoms with Crippen LogP contribution in [0.15, 0.2) is 47.4 Å². The summed E-state index contributed by atoms with van der Waals surface area (Å²) in [5.74, 6) is 1.06. The summed E-state index contributed by atoms with van der Waals surface area (Å²) in [6, 6.07) is 9.39. The topological polar surface area (TPSA) is 134 Å². The summed E-state index contributed by atoms with van der Waals surface area (Å²) in [6.45, 7) is 5.15. The zero-order valence-corrected chi connectivity index (χ0v) is 19.9. The molecule has 3 aromatic rings. The molecule has 0 aliphatic carbocycles. The number of aryl methyl sites for hydroxylation is 1. The predicted octanol–water partition coefficient (Wildman–Crippen LogP) is 2.13. The highest BCUT2D eigenvalue weighted by molar-refractivity contribution is 5.96. The second-order valence-corrected chi connectivity index (χ2v) is 8.73. The fraction of sp³-hybridized carbons (Fsp3) is 0.440. The minimum atomic E-state index is -0.977. The molecule has 1 amide bonds. The first kappa shape index (κ1) is 24.8. The van der Waals surface area contributed by atoms with E-state index in [4.69, 9.17) is 14.4 Å². The lowest BCUT2D eigenvalue weighted by Gasteiger charge is -2.42. The summed E-state index contributed by atoms with van der Waals surface area (Å²) in [6.07, 6.45) is 4.23. The van der Waals surface area contributed by atoms with Gasteiger partial charge in [0.2, 0.25) is 5.89 Å². The quantitative estimate of drug-likeness (QED) is 0.376. The van der Waals surface area contributed by atoms with Gasteiger partial charge in [-0.1, -0.05) is 24.6 Å². The van der Waals surface area contributed by atoms with Crippen LogP contribution in [0.1, 0.15) is 47.6 Å². The summed E-state index contributed by atoms with van der Waals surface area (Å²) in [4.78, 5) is 23.4. The molecular weight excluding hydrogens is 450 g/mol. The van der Waals surface area contributed by atoms with Gasteiger partial charge in [-0.3, -0.25) is 14.7 Å². The second-order valence-electron chi connectivity index (χ2n) is 8.73. The SMILES string of the molecule is CCCC(c1ncno1)N1CC(Oc2ccc(-c3ccc(C(=O)NCC(O)CO)c(C)c3)nc2)C1. The zero-order valence-electron chi connectivity index (χ0n) is 19.9. The van der Waals surface area contributed by atoms with Gasteiger partial charge in [0.15, 0.2) is 6.33 Å². The second kappa shape index (κ2) is 11.4. The van der Waals surface area contributed by atoms with Gasteiger partial charge >= 0.3 is 0 Å². The van der Waals surface area contributed by atoms with Crippen LogP contribution in [0, 0.1) is 6.92 Å². The first-order valence-electron chi connectivity index (χ1n) is 11.8. The van der Waals surface area contributed by atoms with Crippen LogP contribution < -0.4 is 10.1 Å². The molecule has 4 rings (SSSR count). The van der Waals surface area contributed by atoms with Crippen LogP contribution in [0.25, 0.3) is 11.3 Å². The van der Waals surface area contributed by atoms with Gasteiger partial charge in [0.1, 0.15) is 11.9 Å². The molecule has 1 saturated heterocycles. The molecule has 0 radical (unpaired) electrons. The third kappa shape index (κ3) is 6.02. The number of amides is 1. The number of ether oxygens (including phenoxy) is 1. The minimum absolute atomic E-state index is 0.00545. The average Bonchev–Trinajstić information content (AvgIpc) is 3.38. The van der Waals surface area contributed by atoms with Crippen molar-refractivity contribution in [2.75, 3.05) is 26.2 Å². The summed E-state index contributed by atoms with van der Waals surface area (Å²) in [5.41, 5.74) is 2.96. The highest BCUT2D eigenvalue weighted by Gasteiger charge is 2.36. The van der Waals surface area contributed by atoms with Gasteiger partial charge in [-0.2, -0.15) is 4.98 Å².